The van der Waals surface area contributed by atoms with Crippen LogP contribution in [0.15, 0.2) is 35.1 Å². The predicted molar refractivity (Wildman–Crippen MR) is 73.1 cm³/mol. The first-order valence-electron chi connectivity index (χ1n) is 5.37. The molecule has 2 nitrogen and oxygen atoms in total. The zero-order chi connectivity index (χ0) is 14.0. The number of halogens is 5. The van der Waals surface area contributed by atoms with E-state index < -0.39 is 11.7 Å². The summed E-state index contributed by atoms with van der Waals surface area (Å²) >= 11 is 6.31. The van der Waals surface area contributed by atoms with Crippen LogP contribution in [0.4, 0.5) is 13.2 Å². The van der Waals surface area contributed by atoms with Crippen LogP contribution in [-0.2, 0) is 12.6 Å². The first kappa shape index (κ1) is 14.6. The minimum absolute atomic E-state index is 0.0430. The molecule has 1 heterocycles. The van der Waals surface area contributed by atoms with Crippen molar-refractivity contribution in [3.8, 4) is 0 Å². The molecule has 102 valence electrons. The maximum atomic E-state index is 12.8. The van der Waals surface area contributed by atoms with Gasteiger partial charge in [0.15, 0.2) is 0 Å². The van der Waals surface area contributed by atoms with Gasteiger partial charge >= 0.3 is 6.18 Å². The van der Waals surface area contributed by atoms with Crippen LogP contribution in [-0.4, -0.2) is 9.97 Å². The molecule has 0 saturated carbocycles. The molecule has 19 heavy (non-hydrogen) atoms. The second-order valence-electron chi connectivity index (χ2n) is 3.94. The van der Waals surface area contributed by atoms with Crippen LogP contribution in [0.2, 0.25) is 0 Å². The number of rotatable bonds is 3. The lowest BCUT2D eigenvalue weighted by Crippen LogP contribution is -2.08. The van der Waals surface area contributed by atoms with E-state index >= 15 is 0 Å². The van der Waals surface area contributed by atoms with E-state index in [0.29, 0.717) is 12.0 Å². The fourth-order valence-electron chi connectivity index (χ4n) is 1.65. The Kier molecular flexibility index (Phi) is 4.35. The molecule has 7 heteroatoms. The summed E-state index contributed by atoms with van der Waals surface area (Å²) in [4.78, 5) is 6.75. The summed E-state index contributed by atoms with van der Waals surface area (Å²) in [6.07, 6.45) is -0.590. The van der Waals surface area contributed by atoms with Gasteiger partial charge in [-0.2, -0.15) is 13.2 Å². The number of benzene rings is 1. The van der Waals surface area contributed by atoms with Gasteiger partial charge in [-0.05, 0) is 17.7 Å². The molecule has 0 aliphatic rings. The Morgan fingerprint density at radius 2 is 2.05 bits per heavy atom. The third-order valence-electron chi connectivity index (χ3n) is 2.58. The van der Waals surface area contributed by atoms with Crippen LogP contribution in [0.5, 0.6) is 0 Å². The highest BCUT2D eigenvalue weighted by atomic mass is 79.9. The lowest BCUT2D eigenvalue weighted by molar-refractivity contribution is -0.138. The third kappa shape index (κ3) is 3.60. The second kappa shape index (κ2) is 5.66. The number of aromatic amines is 1. The molecule has 1 N–H and O–H groups in total. The SMILES string of the molecule is FC(F)(F)c1cc(C(Br)Cc2ncc[nH]2)ccc1Br. The van der Waals surface area contributed by atoms with Gasteiger partial charge in [0.05, 0.1) is 5.56 Å². The fourth-order valence-corrected chi connectivity index (χ4v) is 2.72. The molecular weight excluding hydrogens is 389 g/mol. The highest BCUT2D eigenvalue weighted by Gasteiger charge is 2.33. The molecule has 0 spiro atoms. The van der Waals surface area contributed by atoms with Gasteiger partial charge in [0.2, 0.25) is 0 Å². The number of hydrogen-bond acceptors (Lipinski definition) is 1. The molecular formula is C12H9Br2F3N2. The van der Waals surface area contributed by atoms with E-state index in [1.165, 1.54) is 6.07 Å². The standard InChI is InChI=1S/C12H9Br2F3N2/c13-9-2-1-7(5-8(9)12(15,16)17)10(14)6-11-18-3-4-19-11/h1-5,10H,6H2,(H,18,19). The van der Waals surface area contributed by atoms with Crippen molar-refractivity contribution in [1.82, 2.24) is 9.97 Å². The van der Waals surface area contributed by atoms with Gasteiger partial charge in [0.1, 0.15) is 5.82 Å². The van der Waals surface area contributed by atoms with E-state index in [0.717, 1.165) is 11.9 Å². The Morgan fingerprint density at radius 1 is 1.32 bits per heavy atom. The van der Waals surface area contributed by atoms with Crippen molar-refractivity contribution in [1.29, 1.82) is 0 Å². The number of nitrogens with one attached hydrogen (secondary N) is 1. The first-order valence-corrected chi connectivity index (χ1v) is 7.08. The van der Waals surface area contributed by atoms with Gasteiger partial charge in [0.25, 0.3) is 0 Å². The third-order valence-corrected chi connectivity index (χ3v) is 4.13. The van der Waals surface area contributed by atoms with Gasteiger partial charge in [-0.25, -0.2) is 4.98 Å². The zero-order valence-corrected chi connectivity index (χ0v) is 12.7. The summed E-state index contributed by atoms with van der Waals surface area (Å²) in [6.45, 7) is 0. The largest absolute Gasteiger partial charge is 0.417 e. The minimum Gasteiger partial charge on any atom is -0.349 e. The number of alkyl halides is 4. The van der Waals surface area contributed by atoms with Crippen LogP contribution < -0.4 is 0 Å². The summed E-state index contributed by atoms with van der Waals surface area (Å²) in [5, 5.41) is 0. The Hall–Kier alpha value is -0.820. The topological polar surface area (TPSA) is 28.7 Å². The second-order valence-corrected chi connectivity index (χ2v) is 5.90. The Labute approximate surface area is 124 Å². The number of aromatic nitrogens is 2. The molecule has 2 rings (SSSR count). The molecule has 0 amide bonds. The van der Waals surface area contributed by atoms with Crippen molar-refractivity contribution in [2.45, 2.75) is 17.4 Å². The molecule has 0 aliphatic heterocycles. The van der Waals surface area contributed by atoms with Crippen LogP contribution in [0.25, 0.3) is 0 Å². The zero-order valence-electron chi connectivity index (χ0n) is 9.51. The van der Waals surface area contributed by atoms with Gasteiger partial charge in [-0.1, -0.05) is 37.9 Å². The fraction of sp³-hybridized carbons (Fsp3) is 0.250. The lowest BCUT2D eigenvalue weighted by atomic mass is 10.1. The summed E-state index contributed by atoms with van der Waals surface area (Å²) in [6, 6.07) is 4.21. The minimum atomic E-state index is -4.37. The van der Waals surface area contributed by atoms with Crippen LogP contribution in [0.3, 0.4) is 0 Å². The molecule has 1 atom stereocenters. The van der Waals surface area contributed by atoms with E-state index in [-0.39, 0.29) is 9.30 Å². The maximum absolute atomic E-state index is 12.8. The van der Waals surface area contributed by atoms with Gasteiger partial charge in [-0.15, -0.1) is 0 Å². The molecule has 0 bridgehead atoms. The smallest absolute Gasteiger partial charge is 0.349 e. The van der Waals surface area contributed by atoms with E-state index in [4.69, 9.17) is 0 Å². The van der Waals surface area contributed by atoms with Crippen molar-refractivity contribution in [3.63, 3.8) is 0 Å². The summed E-state index contributed by atoms with van der Waals surface area (Å²) in [5.41, 5.74) is -0.110. The van der Waals surface area contributed by atoms with Gasteiger partial charge in [0, 0.05) is 28.1 Å². The van der Waals surface area contributed by atoms with Crippen molar-refractivity contribution in [2.75, 3.05) is 0 Å². The average molecular weight is 398 g/mol. The maximum Gasteiger partial charge on any atom is 0.417 e. The Balaban J connectivity index is 2.25. The lowest BCUT2D eigenvalue weighted by Gasteiger charge is -2.14. The van der Waals surface area contributed by atoms with Crippen LogP contribution in [0, 0.1) is 0 Å². The molecule has 1 aromatic heterocycles. The highest BCUT2D eigenvalue weighted by molar-refractivity contribution is 9.10. The Bertz CT molecular complexity index is 553. The molecule has 0 aliphatic carbocycles. The predicted octanol–water partition coefficient (Wildman–Crippen LogP) is 4.87. The summed E-state index contributed by atoms with van der Waals surface area (Å²) < 4.78 is 38.5. The van der Waals surface area contributed by atoms with Gasteiger partial charge in [-0.3, -0.25) is 0 Å². The number of hydrogen-bond donors (Lipinski definition) is 1. The van der Waals surface area contributed by atoms with Crippen molar-refractivity contribution in [3.05, 3.63) is 52.0 Å². The summed E-state index contributed by atoms with van der Waals surface area (Å²) in [5.74, 6) is 0.721. The first-order chi connectivity index (χ1) is 8.88. The number of H-pyrrole nitrogens is 1. The van der Waals surface area contributed by atoms with Gasteiger partial charge < -0.3 is 4.98 Å². The average Bonchev–Trinajstić information content (AvgIpc) is 2.80. The molecule has 0 fully saturated rings. The molecule has 0 saturated heterocycles. The number of imidazole rings is 1. The number of nitrogens with zero attached hydrogens (tertiary/aromatic N) is 1. The van der Waals surface area contributed by atoms with E-state index in [9.17, 15) is 13.2 Å². The normalized spacial score (nSPS) is 13.5. The van der Waals surface area contributed by atoms with E-state index in [1.54, 1.807) is 18.5 Å². The molecule has 1 aromatic carbocycles. The highest BCUT2D eigenvalue weighted by Crippen LogP contribution is 2.38. The van der Waals surface area contributed by atoms with Crippen molar-refractivity contribution in [2.24, 2.45) is 0 Å². The van der Waals surface area contributed by atoms with Crippen LogP contribution >= 0.6 is 31.9 Å². The molecule has 1 unspecified atom stereocenters. The quantitative estimate of drug-likeness (QED) is 0.735. The van der Waals surface area contributed by atoms with E-state index in [1.807, 2.05) is 0 Å². The molecule has 0 radical (unpaired) electrons. The monoisotopic (exact) mass is 396 g/mol. The van der Waals surface area contributed by atoms with Crippen LogP contribution in [0.1, 0.15) is 21.8 Å². The van der Waals surface area contributed by atoms with E-state index in [2.05, 4.69) is 41.8 Å². The van der Waals surface area contributed by atoms with Crippen molar-refractivity contribution < 1.29 is 13.2 Å². The Morgan fingerprint density at radius 3 is 2.63 bits per heavy atom. The van der Waals surface area contributed by atoms with Crippen molar-refractivity contribution >= 4 is 31.9 Å². The summed E-state index contributed by atoms with van der Waals surface area (Å²) in [7, 11) is 0. The molecule has 2 aromatic rings.